The van der Waals surface area contributed by atoms with E-state index in [-0.39, 0.29) is 29.3 Å². The lowest BCUT2D eigenvalue weighted by Gasteiger charge is -2.32. The van der Waals surface area contributed by atoms with Gasteiger partial charge in [-0.25, -0.2) is 9.88 Å². The molecule has 1 spiro atoms. The largest absolute Gasteiger partial charge is 0.497 e. The van der Waals surface area contributed by atoms with E-state index in [0.29, 0.717) is 40.3 Å². The number of hydrogen-bond acceptors (Lipinski definition) is 6. The molecule has 0 aliphatic carbocycles. The van der Waals surface area contributed by atoms with Crippen molar-refractivity contribution in [1.29, 1.82) is 0 Å². The minimum absolute atomic E-state index is 0.188. The molecule has 3 aliphatic heterocycles. The van der Waals surface area contributed by atoms with Crippen molar-refractivity contribution in [2.75, 3.05) is 12.0 Å². The standard InChI is InChI=1S/C31H28N4O4/c1-17(2)15-23-25-26(29(38)34(28(25)37)18-9-8-10-19(16-18)39-3)31(33-23)21-12-5-7-14-24(21)35-27(36)20-11-4-6-13-22(20)32-30(31)35/h4-14,16-17,23,25-26,33H,15H2,1-3H3/t23-,25-,26+,31-/m0/s1. The van der Waals surface area contributed by atoms with Crippen LogP contribution in [-0.4, -0.2) is 34.5 Å². The normalized spacial score (nSPS) is 25.0. The van der Waals surface area contributed by atoms with Crippen LogP contribution in [0.25, 0.3) is 16.6 Å². The zero-order chi connectivity index (χ0) is 27.1. The van der Waals surface area contributed by atoms with Gasteiger partial charge in [0, 0.05) is 17.7 Å². The van der Waals surface area contributed by atoms with Gasteiger partial charge in [0.1, 0.15) is 17.1 Å². The summed E-state index contributed by atoms with van der Waals surface area (Å²) in [7, 11) is 1.55. The Balaban J connectivity index is 1.51. The van der Waals surface area contributed by atoms with E-state index in [4.69, 9.17) is 9.72 Å². The van der Waals surface area contributed by atoms with Gasteiger partial charge in [0.25, 0.3) is 5.56 Å². The van der Waals surface area contributed by atoms with Gasteiger partial charge in [-0.2, -0.15) is 0 Å². The number of fused-ring (bicyclic) bond motifs is 8. The summed E-state index contributed by atoms with van der Waals surface area (Å²) in [5.41, 5.74) is 1.20. The molecule has 4 aromatic rings. The third kappa shape index (κ3) is 3.09. The molecule has 8 nitrogen and oxygen atoms in total. The molecule has 4 atom stereocenters. The monoisotopic (exact) mass is 520 g/mol. The highest BCUT2D eigenvalue weighted by Gasteiger charge is 2.69. The van der Waals surface area contributed by atoms with Gasteiger partial charge < -0.3 is 4.74 Å². The van der Waals surface area contributed by atoms with Crippen LogP contribution in [0, 0.1) is 17.8 Å². The average molecular weight is 521 g/mol. The Morgan fingerprint density at radius 1 is 0.974 bits per heavy atom. The molecular formula is C31H28N4O4. The molecule has 3 aromatic carbocycles. The molecule has 0 saturated carbocycles. The van der Waals surface area contributed by atoms with Gasteiger partial charge in [-0.05, 0) is 42.7 Å². The summed E-state index contributed by atoms with van der Waals surface area (Å²) in [5.74, 6) is -0.641. The number of para-hydroxylation sites is 2. The number of methoxy groups -OCH3 is 1. The Hall–Kier alpha value is -4.30. The number of amides is 2. The van der Waals surface area contributed by atoms with E-state index in [2.05, 4.69) is 19.2 Å². The number of nitrogens with one attached hydrogen (secondary N) is 1. The highest BCUT2D eigenvalue weighted by molar-refractivity contribution is 6.23. The van der Waals surface area contributed by atoms with Gasteiger partial charge in [0.15, 0.2) is 0 Å². The van der Waals surface area contributed by atoms with Crippen molar-refractivity contribution in [3.8, 4) is 11.4 Å². The average Bonchev–Trinajstić information content (AvgIpc) is 3.51. The molecular weight excluding hydrogens is 492 g/mol. The van der Waals surface area contributed by atoms with Crippen molar-refractivity contribution in [3.63, 3.8) is 0 Å². The van der Waals surface area contributed by atoms with Gasteiger partial charge in [0.05, 0.1) is 41.2 Å². The van der Waals surface area contributed by atoms with Gasteiger partial charge >= 0.3 is 0 Å². The van der Waals surface area contributed by atoms with Crippen molar-refractivity contribution in [2.45, 2.75) is 31.8 Å². The van der Waals surface area contributed by atoms with E-state index in [9.17, 15) is 14.4 Å². The van der Waals surface area contributed by atoms with Crippen LogP contribution in [0.3, 0.4) is 0 Å². The van der Waals surface area contributed by atoms with Crippen molar-refractivity contribution in [1.82, 2.24) is 14.9 Å². The Kier molecular flexibility index (Phi) is 5.09. The Morgan fingerprint density at radius 3 is 2.54 bits per heavy atom. The summed E-state index contributed by atoms with van der Waals surface area (Å²) < 4.78 is 7.01. The Labute approximate surface area is 225 Å². The summed E-state index contributed by atoms with van der Waals surface area (Å²) in [6.45, 7) is 4.21. The quantitative estimate of drug-likeness (QED) is 0.412. The predicted octanol–water partition coefficient (Wildman–Crippen LogP) is 3.78. The first kappa shape index (κ1) is 23.8. The highest BCUT2D eigenvalue weighted by atomic mass is 16.5. The van der Waals surface area contributed by atoms with E-state index in [0.717, 1.165) is 5.56 Å². The maximum Gasteiger partial charge on any atom is 0.266 e. The van der Waals surface area contributed by atoms with Crippen molar-refractivity contribution in [2.24, 2.45) is 17.8 Å². The minimum Gasteiger partial charge on any atom is -0.497 e. The number of hydrogen-bond donors (Lipinski definition) is 1. The first-order valence-corrected chi connectivity index (χ1v) is 13.3. The van der Waals surface area contributed by atoms with Crippen LogP contribution in [0.15, 0.2) is 77.6 Å². The maximum absolute atomic E-state index is 14.5. The van der Waals surface area contributed by atoms with Crippen LogP contribution in [0.1, 0.15) is 31.7 Å². The molecule has 7 rings (SSSR count). The fraction of sp³-hybridized carbons (Fsp3) is 0.290. The molecule has 2 amide bonds. The van der Waals surface area contributed by atoms with E-state index >= 15 is 0 Å². The Bertz CT molecular complexity index is 1740. The third-order valence-corrected chi connectivity index (χ3v) is 8.40. The first-order chi connectivity index (χ1) is 18.9. The maximum atomic E-state index is 14.5. The lowest BCUT2D eigenvalue weighted by atomic mass is 9.75. The number of nitrogens with zero attached hydrogens (tertiary/aromatic N) is 3. The summed E-state index contributed by atoms with van der Waals surface area (Å²) in [6.07, 6.45) is 0.688. The second-order valence-corrected chi connectivity index (χ2v) is 11.0. The lowest BCUT2D eigenvalue weighted by Crippen LogP contribution is -2.50. The second kappa shape index (κ2) is 8.35. The van der Waals surface area contributed by atoms with Crippen LogP contribution >= 0.6 is 0 Å². The summed E-state index contributed by atoms with van der Waals surface area (Å²) in [4.78, 5) is 48.9. The zero-order valence-electron chi connectivity index (χ0n) is 21.9. The number of anilines is 1. The van der Waals surface area contributed by atoms with Crippen LogP contribution in [-0.2, 0) is 15.1 Å². The van der Waals surface area contributed by atoms with Gasteiger partial charge in [0.2, 0.25) is 11.8 Å². The number of benzene rings is 3. The molecule has 4 heterocycles. The van der Waals surface area contributed by atoms with Crippen molar-refractivity contribution < 1.29 is 14.3 Å². The predicted molar refractivity (Wildman–Crippen MR) is 147 cm³/mol. The minimum atomic E-state index is -1.13. The third-order valence-electron chi connectivity index (χ3n) is 8.40. The number of carbonyl (C=O) groups is 2. The molecule has 8 heteroatoms. The van der Waals surface area contributed by atoms with Gasteiger partial charge in [-0.3, -0.25) is 24.3 Å². The molecule has 1 aromatic heterocycles. The molecule has 2 saturated heterocycles. The molecule has 0 bridgehead atoms. The van der Waals surface area contributed by atoms with E-state index in [1.165, 1.54) is 4.90 Å². The molecule has 1 N–H and O–H groups in total. The molecule has 3 aliphatic rings. The van der Waals surface area contributed by atoms with Crippen LogP contribution in [0.5, 0.6) is 5.75 Å². The number of carbonyl (C=O) groups excluding carboxylic acids is 2. The van der Waals surface area contributed by atoms with E-state index in [1.54, 1.807) is 42.0 Å². The zero-order valence-corrected chi connectivity index (χ0v) is 21.9. The van der Waals surface area contributed by atoms with E-state index < -0.39 is 17.4 Å². The number of ether oxygens (including phenoxy) is 1. The fourth-order valence-electron chi connectivity index (χ4n) is 6.93. The van der Waals surface area contributed by atoms with E-state index in [1.807, 2.05) is 42.5 Å². The number of aromatic nitrogens is 2. The summed E-state index contributed by atoms with van der Waals surface area (Å²) in [6, 6.07) is 21.6. The fourth-order valence-corrected chi connectivity index (χ4v) is 6.93. The van der Waals surface area contributed by atoms with Crippen LogP contribution < -0.4 is 20.5 Å². The molecule has 0 unspecified atom stereocenters. The highest BCUT2D eigenvalue weighted by Crippen LogP contribution is 2.56. The number of rotatable bonds is 4. The lowest BCUT2D eigenvalue weighted by molar-refractivity contribution is -0.123. The topological polar surface area (TPSA) is 93.5 Å². The Morgan fingerprint density at radius 2 is 1.74 bits per heavy atom. The molecule has 39 heavy (non-hydrogen) atoms. The van der Waals surface area contributed by atoms with Crippen LogP contribution in [0.2, 0.25) is 0 Å². The van der Waals surface area contributed by atoms with Crippen LogP contribution in [0.4, 0.5) is 5.69 Å². The molecule has 0 radical (unpaired) electrons. The summed E-state index contributed by atoms with van der Waals surface area (Å²) in [5, 5.41) is 4.25. The molecule has 2 fully saturated rings. The summed E-state index contributed by atoms with van der Waals surface area (Å²) >= 11 is 0. The second-order valence-electron chi connectivity index (χ2n) is 11.0. The first-order valence-electron chi connectivity index (χ1n) is 13.3. The van der Waals surface area contributed by atoms with Gasteiger partial charge in [-0.15, -0.1) is 0 Å². The van der Waals surface area contributed by atoms with Gasteiger partial charge in [-0.1, -0.05) is 50.2 Å². The van der Waals surface area contributed by atoms with Crippen molar-refractivity contribution in [3.05, 3.63) is 94.5 Å². The number of imide groups is 1. The molecule has 196 valence electrons. The van der Waals surface area contributed by atoms with Crippen molar-refractivity contribution >= 4 is 28.4 Å². The SMILES string of the molecule is COc1cccc(N2C(=O)[C@H]3[C@H](CC(C)C)N[C@@]4(c5ccccc5-n5c4nc4ccccc4c5=O)[C@H]3C2=O)c1. The smallest absolute Gasteiger partial charge is 0.266 e.